The summed E-state index contributed by atoms with van der Waals surface area (Å²) in [5, 5.41) is 23.9. The van der Waals surface area contributed by atoms with Gasteiger partial charge < -0.3 is 30.7 Å². The van der Waals surface area contributed by atoms with Gasteiger partial charge in [0, 0.05) is 100 Å². The summed E-state index contributed by atoms with van der Waals surface area (Å²) < 4.78 is 0. The predicted molar refractivity (Wildman–Crippen MR) is 331 cm³/mol. The van der Waals surface area contributed by atoms with E-state index in [0.717, 1.165) is 77.9 Å². The normalized spacial score (nSPS) is 14.8. The first-order chi connectivity index (χ1) is 39.6. The quantitative estimate of drug-likeness (QED) is 0.0536. The fourth-order valence-corrected chi connectivity index (χ4v) is 9.49. The van der Waals surface area contributed by atoms with Gasteiger partial charge in [0.1, 0.15) is 11.6 Å². The number of carbonyl (C=O) groups is 5. The maximum Gasteiger partial charge on any atom is 0.283 e. The van der Waals surface area contributed by atoms with Gasteiger partial charge in [-0.1, -0.05) is 78.9 Å². The SMILES string of the molecule is CCN(CC)c1ccc(N=C2C=C(C(=O)NC)C(=O)c3ccccc32)c(C)c1.CCN(CC)c1ccc(N=C2C=C(C(=O)NC)C(=O)c3ccccc32)cc1.CCNc1ccc(/C(C#N)=C2/C(=O)N(c3ccccc3)N=C2N(C)C)cc1. The number of anilines is 4. The van der Waals surface area contributed by atoms with Crippen LogP contribution >= 0.6 is 0 Å². The van der Waals surface area contributed by atoms with E-state index in [2.05, 4.69) is 76.7 Å². The molecule has 6 aromatic rings. The molecular formula is C66H69N11O5. The first kappa shape index (κ1) is 59.6. The second-order valence-corrected chi connectivity index (χ2v) is 19.1. The highest BCUT2D eigenvalue weighted by molar-refractivity contribution is 6.37. The van der Waals surface area contributed by atoms with E-state index < -0.39 is 11.8 Å². The van der Waals surface area contributed by atoms with Crippen molar-refractivity contribution in [3.63, 3.8) is 0 Å². The summed E-state index contributed by atoms with van der Waals surface area (Å²) in [6.07, 6.45) is 3.16. The number of benzene rings is 6. The molecule has 6 aromatic carbocycles. The number of nitrogens with one attached hydrogen (secondary N) is 3. The lowest BCUT2D eigenvalue weighted by Crippen LogP contribution is -2.29. The lowest BCUT2D eigenvalue weighted by Gasteiger charge is -2.22. The molecule has 3 N–H and O–H groups in total. The van der Waals surface area contributed by atoms with Crippen LogP contribution in [0.4, 0.5) is 34.1 Å². The maximum absolute atomic E-state index is 13.1. The van der Waals surface area contributed by atoms with Crippen LogP contribution in [0.5, 0.6) is 0 Å². The molecule has 0 radical (unpaired) electrons. The smallest absolute Gasteiger partial charge is 0.283 e. The molecule has 16 nitrogen and oxygen atoms in total. The molecule has 0 saturated carbocycles. The Kier molecular flexibility index (Phi) is 20.2. The number of fused-ring (bicyclic) bond motifs is 2. The van der Waals surface area contributed by atoms with E-state index in [1.54, 1.807) is 41.3 Å². The second kappa shape index (κ2) is 27.7. The van der Waals surface area contributed by atoms with Crippen LogP contribution in [-0.4, -0.2) is 112 Å². The van der Waals surface area contributed by atoms with Gasteiger partial charge in [-0.15, -0.1) is 5.10 Å². The Balaban J connectivity index is 0.000000177. The topological polar surface area (TPSA) is 195 Å². The van der Waals surface area contributed by atoms with Crippen LogP contribution < -0.4 is 30.8 Å². The third kappa shape index (κ3) is 13.3. The zero-order valence-corrected chi connectivity index (χ0v) is 48.2. The van der Waals surface area contributed by atoms with Crippen molar-refractivity contribution in [1.29, 1.82) is 5.26 Å². The molecule has 9 rings (SSSR count). The third-order valence-electron chi connectivity index (χ3n) is 13.8. The minimum Gasteiger partial charge on any atom is -0.385 e. The number of hydrogen-bond acceptors (Lipinski definition) is 13. The molecular weight excluding hydrogens is 1030 g/mol. The first-order valence-electron chi connectivity index (χ1n) is 27.3. The van der Waals surface area contributed by atoms with Crippen molar-refractivity contribution in [2.75, 3.05) is 81.0 Å². The summed E-state index contributed by atoms with van der Waals surface area (Å²) in [6.45, 7) is 17.1. The van der Waals surface area contributed by atoms with Crippen molar-refractivity contribution >= 4 is 86.2 Å². The Labute approximate surface area is 480 Å². The molecule has 0 unspecified atom stereocenters. The maximum atomic E-state index is 13.1. The van der Waals surface area contributed by atoms with Crippen LogP contribution in [0.2, 0.25) is 0 Å². The second-order valence-electron chi connectivity index (χ2n) is 19.1. The van der Waals surface area contributed by atoms with Crippen LogP contribution in [-0.2, 0) is 14.4 Å². The molecule has 1 aliphatic heterocycles. The molecule has 1 heterocycles. The van der Waals surface area contributed by atoms with Crippen LogP contribution in [0.15, 0.2) is 190 Å². The molecule has 2 aliphatic carbocycles. The van der Waals surface area contributed by atoms with Gasteiger partial charge in [0.05, 0.1) is 45.2 Å². The highest BCUT2D eigenvalue weighted by Gasteiger charge is 2.36. The van der Waals surface area contributed by atoms with Crippen LogP contribution in [0.1, 0.15) is 77.6 Å². The van der Waals surface area contributed by atoms with Gasteiger partial charge in [0.25, 0.3) is 17.7 Å². The Morgan fingerprint density at radius 3 is 1.57 bits per heavy atom. The van der Waals surface area contributed by atoms with Gasteiger partial charge in [-0.2, -0.15) is 10.3 Å². The van der Waals surface area contributed by atoms with E-state index >= 15 is 0 Å². The van der Waals surface area contributed by atoms with E-state index in [9.17, 15) is 29.2 Å². The zero-order valence-electron chi connectivity index (χ0n) is 48.2. The number of ketones is 2. The number of aliphatic imine (C=N–C) groups is 2. The van der Waals surface area contributed by atoms with Gasteiger partial charge in [-0.05, 0) is 132 Å². The molecule has 0 saturated heterocycles. The summed E-state index contributed by atoms with van der Waals surface area (Å²) in [5.41, 5.74) is 11.8. The van der Waals surface area contributed by atoms with Gasteiger partial charge >= 0.3 is 0 Å². The van der Waals surface area contributed by atoms with E-state index in [-0.39, 0.29) is 28.6 Å². The van der Waals surface area contributed by atoms with E-state index in [4.69, 9.17) is 9.98 Å². The van der Waals surface area contributed by atoms with Crippen molar-refractivity contribution in [1.82, 2.24) is 15.5 Å². The fraction of sp³-hybridized carbons (Fsp3) is 0.227. The van der Waals surface area contributed by atoms with Gasteiger partial charge in [-0.3, -0.25) is 24.0 Å². The number of aryl methyl sites for hydroxylation is 1. The largest absolute Gasteiger partial charge is 0.385 e. The van der Waals surface area contributed by atoms with E-state index in [0.29, 0.717) is 50.8 Å². The number of nitrogens with zero attached hydrogens (tertiary/aromatic N) is 8. The molecule has 82 heavy (non-hydrogen) atoms. The lowest BCUT2D eigenvalue weighted by molar-refractivity contribution is -0.117. The van der Waals surface area contributed by atoms with Gasteiger partial charge in [0.2, 0.25) is 0 Å². The van der Waals surface area contributed by atoms with E-state index in [1.165, 1.54) is 19.1 Å². The number of para-hydroxylation sites is 1. The average molecular weight is 1100 g/mol. The number of Topliss-reactive ketones (excluding diaryl/α,β-unsaturated/α-hetero) is 2. The summed E-state index contributed by atoms with van der Waals surface area (Å²) >= 11 is 0. The Hall–Kier alpha value is -10.0. The van der Waals surface area contributed by atoms with Crippen LogP contribution in [0.25, 0.3) is 5.57 Å². The number of hydrazone groups is 1. The average Bonchev–Trinajstić information content (AvgIpc) is 4.04. The van der Waals surface area contributed by atoms with Crippen LogP contribution in [0, 0.1) is 18.3 Å². The van der Waals surface area contributed by atoms with Crippen molar-refractivity contribution in [2.24, 2.45) is 15.1 Å². The molecule has 3 amide bonds. The molecule has 0 bridgehead atoms. The Morgan fingerprint density at radius 1 is 0.610 bits per heavy atom. The van der Waals surface area contributed by atoms with Gasteiger partial charge in [0.15, 0.2) is 17.4 Å². The van der Waals surface area contributed by atoms with Crippen molar-refractivity contribution < 1.29 is 24.0 Å². The predicted octanol–water partition coefficient (Wildman–Crippen LogP) is 10.7. The highest BCUT2D eigenvalue weighted by Crippen LogP contribution is 2.32. The summed E-state index contributed by atoms with van der Waals surface area (Å²) in [5.74, 6) is -1.20. The number of amidine groups is 1. The number of amides is 3. The molecule has 418 valence electrons. The first-order valence-corrected chi connectivity index (χ1v) is 27.3. The van der Waals surface area contributed by atoms with Crippen molar-refractivity contribution in [2.45, 2.75) is 41.5 Å². The Morgan fingerprint density at radius 2 is 1.10 bits per heavy atom. The third-order valence-corrected chi connectivity index (χ3v) is 13.8. The molecule has 0 aromatic heterocycles. The standard InChI is InChI=1S/C23H25N3O2.C22H23N3O2.C21H21N5O/c1-5-26(6-2)16-11-12-20(15(3)13-16)25-21-14-19(23(28)24-4)22(27)18-10-8-7-9-17(18)21;1-4-25(5-2)16-12-10-15(11-13-16)24-20-14-19(22(27)23-3)21(26)18-9-7-6-8-17(18)20;1-4-23-16-12-10-15(11-13-16)18(14-22)19-20(25(2)3)24-26(21(19)27)17-8-6-5-7-9-17/h7-14H,5-6H2,1-4H3,(H,24,28);6-14H,4-5H2,1-3H3,(H,23,27);5-13,23H,4H2,1-3H3/b;;19-18+. The highest BCUT2D eigenvalue weighted by atomic mass is 16.2. The fourth-order valence-electron chi connectivity index (χ4n) is 9.49. The lowest BCUT2D eigenvalue weighted by atomic mass is 9.88. The Bertz CT molecular complexity index is 3600. The minimum absolute atomic E-state index is 0.106. The number of nitriles is 1. The summed E-state index contributed by atoms with van der Waals surface area (Å²) in [6, 6.07) is 47.5. The summed E-state index contributed by atoms with van der Waals surface area (Å²) in [4.78, 5) is 78.5. The zero-order chi connectivity index (χ0) is 59.0. The molecule has 0 spiro atoms. The van der Waals surface area contributed by atoms with Crippen molar-refractivity contribution in [3.8, 4) is 6.07 Å². The summed E-state index contributed by atoms with van der Waals surface area (Å²) in [7, 11) is 6.65. The number of hydrogen-bond donors (Lipinski definition) is 3. The minimum atomic E-state index is -0.404. The molecule has 3 aliphatic rings. The number of carbonyl (C=O) groups excluding carboxylic acids is 5. The van der Waals surface area contributed by atoms with Gasteiger partial charge in [-0.25, -0.2) is 9.98 Å². The number of likely N-dealkylation sites (N-methyl/N-ethyl adjacent to an activating group) is 3. The number of allylic oxidation sites excluding steroid dienone is 3. The van der Waals surface area contributed by atoms with Crippen LogP contribution in [0.3, 0.4) is 0 Å². The number of rotatable bonds is 14. The monoisotopic (exact) mass is 1100 g/mol. The van der Waals surface area contributed by atoms with E-state index in [1.807, 2.05) is 137 Å². The van der Waals surface area contributed by atoms with Crippen molar-refractivity contribution in [3.05, 3.63) is 208 Å². The molecule has 0 fully saturated rings. The molecule has 0 atom stereocenters. The molecule has 16 heteroatoms.